The first-order chi connectivity index (χ1) is 12.6. The van der Waals surface area contributed by atoms with Crippen LogP contribution in [0.1, 0.15) is 50.6 Å². The first-order valence-electron chi connectivity index (χ1n) is 10.2. The van der Waals surface area contributed by atoms with Crippen molar-refractivity contribution in [3.05, 3.63) is 18.0 Å². The molecule has 0 aromatic carbocycles. The lowest BCUT2D eigenvalue weighted by atomic mass is 9.94. The number of nitrogens with one attached hydrogen (secondary N) is 1. The summed E-state index contributed by atoms with van der Waals surface area (Å²) in [5, 5.41) is 3.16. The van der Waals surface area contributed by atoms with E-state index in [-0.39, 0.29) is 11.8 Å². The number of rotatable bonds is 6. The number of piperidine rings is 1. The number of hydrogen-bond donors (Lipinski definition) is 1. The quantitative estimate of drug-likeness (QED) is 0.845. The molecule has 144 valence electrons. The topological polar surface area (TPSA) is 61.4 Å². The molecule has 2 heterocycles. The minimum atomic E-state index is 0.0350. The number of amides is 1. The van der Waals surface area contributed by atoms with Crippen LogP contribution in [0, 0.1) is 12.8 Å². The Labute approximate surface area is 157 Å². The number of nitrogens with zero attached hydrogens (tertiary/aromatic N) is 4. The van der Waals surface area contributed by atoms with Crippen molar-refractivity contribution < 1.29 is 4.79 Å². The van der Waals surface area contributed by atoms with Crippen molar-refractivity contribution >= 4 is 11.9 Å². The summed E-state index contributed by atoms with van der Waals surface area (Å²) in [5.41, 5.74) is 0.965. The van der Waals surface area contributed by atoms with Crippen molar-refractivity contribution in [2.45, 2.75) is 57.9 Å². The smallest absolute Gasteiger partial charge is 0.225 e. The van der Waals surface area contributed by atoms with E-state index >= 15 is 0 Å². The van der Waals surface area contributed by atoms with Gasteiger partial charge in [0.1, 0.15) is 0 Å². The predicted octanol–water partition coefficient (Wildman–Crippen LogP) is 2.38. The van der Waals surface area contributed by atoms with E-state index in [9.17, 15) is 4.79 Å². The van der Waals surface area contributed by atoms with Gasteiger partial charge in [0.05, 0.1) is 5.92 Å². The molecule has 26 heavy (non-hydrogen) atoms. The summed E-state index contributed by atoms with van der Waals surface area (Å²) in [6.07, 6.45) is 10.4. The van der Waals surface area contributed by atoms with Gasteiger partial charge in [0, 0.05) is 44.1 Å². The van der Waals surface area contributed by atoms with Crippen molar-refractivity contribution in [1.82, 2.24) is 20.2 Å². The fourth-order valence-corrected chi connectivity index (χ4v) is 4.17. The molecule has 1 amide bonds. The maximum absolute atomic E-state index is 12.6. The molecule has 1 unspecified atom stereocenters. The zero-order chi connectivity index (χ0) is 18.4. The predicted molar refractivity (Wildman–Crippen MR) is 104 cm³/mol. The Morgan fingerprint density at radius 3 is 2.85 bits per heavy atom. The van der Waals surface area contributed by atoms with Crippen LogP contribution in [0.25, 0.3) is 0 Å². The normalized spacial score (nSPS) is 21.8. The van der Waals surface area contributed by atoms with Gasteiger partial charge in [0.15, 0.2) is 0 Å². The molecule has 1 saturated carbocycles. The molecule has 1 N–H and O–H groups in total. The number of carbonyl (C=O) groups excluding carboxylic acids is 1. The van der Waals surface area contributed by atoms with Crippen molar-refractivity contribution in [2.75, 3.05) is 38.1 Å². The summed E-state index contributed by atoms with van der Waals surface area (Å²) >= 11 is 0. The standard InChI is InChI=1S/C20H33N5O/c1-16-10-11-22-20(23-16)25-13-6-7-17(15-25)19(26)21-12-14-24(2)18-8-4-3-5-9-18/h10-11,17-18H,3-9,12-15H2,1-2H3,(H,21,26). The van der Waals surface area contributed by atoms with Gasteiger partial charge in [0.25, 0.3) is 0 Å². The Morgan fingerprint density at radius 1 is 1.27 bits per heavy atom. The second kappa shape index (κ2) is 9.31. The van der Waals surface area contributed by atoms with Gasteiger partial charge in [-0.3, -0.25) is 4.79 Å². The maximum atomic E-state index is 12.6. The SMILES string of the molecule is Cc1ccnc(N2CCCC(C(=O)NCCN(C)C3CCCCC3)C2)n1. The number of anilines is 1. The molecule has 2 aliphatic rings. The number of likely N-dealkylation sites (N-methyl/N-ethyl adjacent to an activating group) is 1. The minimum absolute atomic E-state index is 0.0350. The number of aromatic nitrogens is 2. The Kier molecular flexibility index (Phi) is 6.83. The van der Waals surface area contributed by atoms with Crippen LogP contribution in [0.3, 0.4) is 0 Å². The van der Waals surface area contributed by atoms with Crippen molar-refractivity contribution in [1.29, 1.82) is 0 Å². The first kappa shape index (κ1) is 19.1. The van der Waals surface area contributed by atoms with E-state index in [4.69, 9.17) is 0 Å². The van der Waals surface area contributed by atoms with Gasteiger partial charge in [-0.05, 0) is 45.7 Å². The third-order valence-corrected chi connectivity index (χ3v) is 5.82. The molecule has 2 fully saturated rings. The van der Waals surface area contributed by atoms with Gasteiger partial charge < -0.3 is 15.1 Å². The summed E-state index contributed by atoms with van der Waals surface area (Å²) in [6, 6.07) is 2.60. The van der Waals surface area contributed by atoms with Gasteiger partial charge in [-0.25, -0.2) is 9.97 Å². The second-order valence-electron chi connectivity index (χ2n) is 7.85. The van der Waals surface area contributed by atoms with Gasteiger partial charge in [0.2, 0.25) is 11.9 Å². The minimum Gasteiger partial charge on any atom is -0.355 e. The third kappa shape index (κ3) is 5.16. The highest BCUT2D eigenvalue weighted by Crippen LogP contribution is 2.22. The van der Waals surface area contributed by atoms with E-state index in [2.05, 4.69) is 32.1 Å². The van der Waals surface area contributed by atoms with Crippen LogP contribution >= 0.6 is 0 Å². The molecule has 3 rings (SSSR count). The lowest BCUT2D eigenvalue weighted by Gasteiger charge is -2.33. The number of aryl methyl sites for hydroxylation is 1. The molecule has 1 aliphatic heterocycles. The molecule has 0 radical (unpaired) electrons. The molecule has 1 saturated heterocycles. The van der Waals surface area contributed by atoms with E-state index in [1.54, 1.807) is 6.20 Å². The molecular weight excluding hydrogens is 326 g/mol. The molecule has 1 atom stereocenters. The summed E-state index contributed by atoms with van der Waals surface area (Å²) in [4.78, 5) is 26.0. The summed E-state index contributed by atoms with van der Waals surface area (Å²) in [6.45, 7) is 5.30. The average molecular weight is 360 g/mol. The average Bonchev–Trinajstić information content (AvgIpc) is 2.68. The van der Waals surface area contributed by atoms with Crippen molar-refractivity contribution in [2.24, 2.45) is 5.92 Å². The maximum Gasteiger partial charge on any atom is 0.225 e. The Hall–Kier alpha value is -1.69. The monoisotopic (exact) mass is 359 g/mol. The highest BCUT2D eigenvalue weighted by molar-refractivity contribution is 5.79. The number of hydrogen-bond acceptors (Lipinski definition) is 5. The fraction of sp³-hybridized carbons (Fsp3) is 0.750. The van der Waals surface area contributed by atoms with Crippen LogP contribution in [-0.2, 0) is 4.79 Å². The van der Waals surface area contributed by atoms with E-state index < -0.39 is 0 Å². The number of carbonyl (C=O) groups is 1. The molecule has 0 spiro atoms. The first-order valence-corrected chi connectivity index (χ1v) is 10.2. The van der Waals surface area contributed by atoms with E-state index in [1.807, 2.05) is 13.0 Å². The van der Waals surface area contributed by atoms with Crippen LogP contribution in [0.2, 0.25) is 0 Å². The highest BCUT2D eigenvalue weighted by atomic mass is 16.1. The zero-order valence-corrected chi connectivity index (χ0v) is 16.3. The second-order valence-corrected chi connectivity index (χ2v) is 7.85. The zero-order valence-electron chi connectivity index (χ0n) is 16.3. The Balaban J connectivity index is 1.44. The summed E-state index contributed by atoms with van der Waals surface area (Å²) in [7, 11) is 2.19. The van der Waals surface area contributed by atoms with E-state index in [1.165, 1.54) is 32.1 Å². The summed E-state index contributed by atoms with van der Waals surface area (Å²) in [5.74, 6) is 0.965. The van der Waals surface area contributed by atoms with E-state index in [0.29, 0.717) is 12.6 Å². The largest absolute Gasteiger partial charge is 0.355 e. The van der Waals surface area contributed by atoms with Crippen LogP contribution in [0.4, 0.5) is 5.95 Å². The highest BCUT2D eigenvalue weighted by Gasteiger charge is 2.27. The third-order valence-electron chi connectivity index (χ3n) is 5.82. The van der Waals surface area contributed by atoms with Crippen molar-refractivity contribution in [3.63, 3.8) is 0 Å². The van der Waals surface area contributed by atoms with Crippen molar-refractivity contribution in [3.8, 4) is 0 Å². The fourth-order valence-electron chi connectivity index (χ4n) is 4.17. The molecule has 6 heteroatoms. The van der Waals surface area contributed by atoms with E-state index in [0.717, 1.165) is 44.1 Å². The van der Waals surface area contributed by atoms with Crippen LogP contribution in [0.5, 0.6) is 0 Å². The molecule has 6 nitrogen and oxygen atoms in total. The van der Waals surface area contributed by atoms with Crippen LogP contribution in [-0.4, -0.2) is 60.0 Å². The van der Waals surface area contributed by atoms with Crippen LogP contribution < -0.4 is 10.2 Å². The van der Waals surface area contributed by atoms with Gasteiger partial charge in [-0.15, -0.1) is 0 Å². The lowest BCUT2D eigenvalue weighted by molar-refractivity contribution is -0.125. The molecule has 1 aromatic heterocycles. The van der Waals surface area contributed by atoms with Gasteiger partial charge >= 0.3 is 0 Å². The molecule has 1 aromatic rings. The Bertz CT molecular complexity index is 587. The van der Waals surface area contributed by atoms with Crippen LogP contribution in [0.15, 0.2) is 12.3 Å². The molecular formula is C20H33N5O. The van der Waals surface area contributed by atoms with Gasteiger partial charge in [-0.2, -0.15) is 0 Å². The van der Waals surface area contributed by atoms with Gasteiger partial charge in [-0.1, -0.05) is 19.3 Å². The molecule has 0 bridgehead atoms. The Morgan fingerprint density at radius 2 is 2.08 bits per heavy atom. The summed E-state index contributed by atoms with van der Waals surface area (Å²) < 4.78 is 0. The molecule has 1 aliphatic carbocycles. The lowest BCUT2D eigenvalue weighted by Crippen LogP contribution is -2.46.